The highest BCUT2D eigenvalue weighted by atomic mass is 35.5. The summed E-state index contributed by atoms with van der Waals surface area (Å²) < 4.78 is 12.9. The number of hydrogen-bond acceptors (Lipinski definition) is 7. The molecular weight excluding hydrogens is 448 g/mol. The topological polar surface area (TPSA) is 83.0 Å². The normalized spacial score (nSPS) is 11.3. The van der Waals surface area contributed by atoms with Crippen molar-refractivity contribution in [1.82, 2.24) is 19.7 Å². The van der Waals surface area contributed by atoms with Gasteiger partial charge in [-0.3, -0.25) is 9.36 Å². The molecule has 0 bridgehead atoms. The van der Waals surface area contributed by atoms with Gasteiger partial charge in [0, 0.05) is 24.8 Å². The van der Waals surface area contributed by atoms with E-state index in [0.29, 0.717) is 71.2 Å². The highest BCUT2D eigenvalue weighted by Gasteiger charge is 2.14. The molecule has 0 atom stereocenters. The molecular formula is C23H23ClN4O3S. The predicted octanol–water partition coefficient (Wildman–Crippen LogP) is 4.74. The van der Waals surface area contributed by atoms with Crippen LogP contribution in [0.15, 0.2) is 62.9 Å². The smallest absolute Gasteiger partial charge is 0.262 e. The van der Waals surface area contributed by atoms with Gasteiger partial charge in [0.05, 0.1) is 23.1 Å². The first-order valence-electron chi connectivity index (χ1n) is 10.4. The number of hydrogen-bond donors (Lipinski definition) is 0. The third-order valence-electron chi connectivity index (χ3n) is 4.79. The second-order valence-electron chi connectivity index (χ2n) is 7.10. The molecule has 0 N–H and O–H groups in total. The quantitative estimate of drug-likeness (QED) is 0.188. The molecule has 0 amide bonds. The van der Waals surface area contributed by atoms with Crippen LogP contribution in [0.3, 0.4) is 0 Å². The molecule has 0 unspecified atom stereocenters. The van der Waals surface area contributed by atoms with E-state index in [4.69, 9.17) is 25.7 Å². The van der Waals surface area contributed by atoms with Crippen molar-refractivity contribution < 1.29 is 9.15 Å². The molecule has 0 fully saturated rings. The van der Waals surface area contributed by atoms with Crippen LogP contribution < -0.4 is 5.56 Å². The van der Waals surface area contributed by atoms with Crippen LogP contribution in [-0.4, -0.2) is 33.0 Å². The van der Waals surface area contributed by atoms with Gasteiger partial charge < -0.3 is 9.15 Å². The second kappa shape index (κ2) is 10.8. The van der Waals surface area contributed by atoms with Crippen LogP contribution in [0, 0.1) is 0 Å². The van der Waals surface area contributed by atoms with Crippen LogP contribution >= 0.6 is 23.4 Å². The zero-order chi connectivity index (χ0) is 22.3. The molecule has 0 saturated heterocycles. The van der Waals surface area contributed by atoms with Gasteiger partial charge in [-0.1, -0.05) is 53.7 Å². The Hall–Kier alpha value is -2.68. The number of benzene rings is 2. The Morgan fingerprint density at radius 3 is 2.75 bits per heavy atom. The summed E-state index contributed by atoms with van der Waals surface area (Å²) in [5, 5.41) is 9.96. The third-order valence-corrected chi connectivity index (χ3v) is 5.98. The lowest BCUT2D eigenvalue weighted by molar-refractivity contribution is 0.140. The molecule has 32 heavy (non-hydrogen) atoms. The lowest BCUT2D eigenvalue weighted by Gasteiger charge is -2.12. The minimum Gasteiger partial charge on any atom is -0.424 e. The number of aromatic nitrogens is 4. The molecule has 0 aliphatic heterocycles. The molecule has 4 rings (SSSR count). The van der Waals surface area contributed by atoms with Gasteiger partial charge >= 0.3 is 0 Å². The lowest BCUT2D eigenvalue weighted by Crippen LogP contribution is -2.24. The predicted molar refractivity (Wildman–Crippen MR) is 125 cm³/mol. The minimum absolute atomic E-state index is 0.0963. The van der Waals surface area contributed by atoms with E-state index in [1.54, 1.807) is 22.8 Å². The molecule has 0 spiro atoms. The fraction of sp³-hybridized carbons (Fsp3) is 0.304. The Morgan fingerprint density at radius 2 is 1.94 bits per heavy atom. The first-order chi connectivity index (χ1) is 15.6. The zero-order valence-electron chi connectivity index (χ0n) is 17.7. The van der Waals surface area contributed by atoms with Crippen molar-refractivity contribution >= 4 is 34.3 Å². The molecule has 9 heteroatoms. The van der Waals surface area contributed by atoms with Gasteiger partial charge in [-0.25, -0.2) is 4.98 Å². The van der Waals surface area contributed by atoms with Gasteiger partial charge in [-0.2, -0.15) is 0 Å². The highest BCUT2D eigenvalue weighted by molar-refractivity contribution is 7.98. The summed E-state index contributed by atoms with van der Waals surface area (Å²) in [5.74, 6) is 1.45. The molecule has 0 radical (unpaired) electrons. The first kappa shape index (κ1) is 22.5. The van der Waals surface area contributed by atoms with Gasteiger partial charge in [0.15, 0.2) is 5.16 Å². The Morgan fingerprint density at radius 1 is 1.12 bits per heavy atom. The van der Waals surface area contributed by atoms with Crippen LogP contribution in [0.2, 0.25) is 5.02 Å². The molecule has 4 aromatic rings. The van der Waals surface area contributed by atoms with E-state index in [9.17, 15) is 4.79 Å². The van der Waals surface area contributed by atoms with E-state index in [-0.39, 0.29) is 5.56 Å². The SMILES string of the molecule is CCOCCCn1c(SCc2nnc(Cc3ccccc3)o2)nc2cc(Cl)ccc2c1=O. The summed E-state index contributed by atoms with van der Waals surface area (Å²) in [4.78, 5) is 17.8. The van der Waals surface area contributed by atoms with Crippen LogP contribution in [0.5, 0.6) is 0 Å². The standard InChI is InChI=1S/C23H23ClN4O3S/c1-2-30-12-6-11-28-22(29)18-10-9-17(24)14-19(18)25-23(28)32-15-21-27-26-20(31-21)13-16-7-4-3-5-8-16/h3-5,7-10,14H,2,6,11-13,15H2,1H3. The second-order valence-corrected chi connectivity index (χ2v) is 8.48. The van der Waals surface area contributed by atoms with Gasteiger partial charge in [0.2, 0.25) is 11.8 Å². The molecule has 166 valence electrons. The molecule has 7 nitrogen and oxygen atoms in total. The summed E-state index contributed by atoms with van der Waals surface area (Å²) in [6.07, 6.45) is 1.29. The van der Waals surface area contributed by atoms with Gasteiger partial charge in [0.1, 0.15) is 0 Å². The number of fused-ring (bicyclic) bond motifs is 1. The molecule has 2 aromatic heterocycles. The summed E-state index contributed by atoms with van der Waals surface area (Å²) >= 11 is 7.51. The van der Waals surface area contributed by atoms with Crippen LogP contribution in [0.4, 0.5) is 0 Å². The minimum atomic E-state index is -0.0963. The Labute approximate surface area is 194 Å². The van der Waals surface area contributed by atoms with E-state index < -0.39 is 0 Å². The van der Waals surface area contributed by atoms with Crippen LogP contribution in [0.1, 0.15) is 30.7 Å². The summed E-state index contributed by atoms with van der Waals surface area (Å²) in [6.45, 7) is 3.69. The monoisotopic (exact) mass is 470 g/mol. The van der Waals surface area contributed by atoms with Gasteiger partial charge in [0.25, 0.3) is 5.56 Å². The van der Waals surface area contributed by atoms with Crippen molar-refractivity contribution in [2.45, 2.75) is 37.2 Å². The number of rotatable bonds is 10. The van der Waals surface area contributed by atoms with Crippen molar-refractivity contribution in [3.63, 3.8) is 0 Å². The van der Waals surface area contributed by atoms with Crippen molar-refractivity contribution in [1.29, 1.82) is 0 Å². The molecule has 2 aromatic carbocycles. The molecule has 0 aliphatic carbocycles. The zero-order valence-corrected chi connectivity index (χ0v) is 19.2. The maximum absolute atomic E-state index is 13.1. The molecule has 2 heterocycles. The fourth-order valence-electron chi connectivity index (χ4n) is 3.27. The van der Waals surface area contributed by atoms with E-state index in [1.165, 1.54) is 11.8 Å². The average Bonchev–Trinajstić information content (AvgIpc) is 3.24. The summed E-state index contributed by atoms with van der Waals surface area (Å²) in [6, 6.07) is 15.1. The van der Waals surface area contributed by atoms with Crippen LogP contribution in [-0.2, 0) is 23.5 Å². The fourth-order valence-corrected chi connectivity index (χ4v) is 4.29. The van der Waals surface area contributed by atoms with Crippen LogP contribution in [0.25, 0.3) is 10.9 Å². The number of thioether (sulfide) groups is 1. The highest BCUT2D eigenvalue weighted by Crippen LogP contribution is 2.24. The van der Waals surface area contributed by atoms with Gasteiger partial charge in [-0.15, -0.1) is 10.2 Å². The van der Waals surface area contributed by atoms with Crippen molar-refractivity contribution in [2.24, 2.45) is 0 Å². The lowest BCUT2D eigenvalue weighted by atomic mass is 10.2. The maximum atomic E-state index is 13.1. The molecule has 0 aliphatic rings. The maximum Gasteiger partial charge on any atom is 0.262 e. The first-order valence-corrected chi connectivity index (χ1v) is 11.8. The number of nitrogens with zero attached hydrogens (tertiary/aromatic N) is 4. The van der Waals surface area contributed by atoms with E-state index in [2.05, 4.69) is 10.2 Å². The number of halogens is 1. The number of ether oxygens (including phenoxy) is 1. The van der Waals surface area contributed by atoms with Crippen molar-refractivity contribution in [3.8, 4) is 0 Å². The Balaban J connectivity index is 1.54. The largest absolute Gasteiger partial charge is 0.424 e. The average molecular weight is 471 g/mol. The van der Waals surface area contributed by atoms with E-state index >= 15 is 0 Å². The Bertz CT molecular complexity index is 1240. The molecule has 0 saturated carbocycles. The van der Waals surface area contributed by atoms with Crippen molar-refractivity contribution in [3.05, 3.63) is 81.3 Å². The Kier molecular flexibility index (Phi) is 7.57. The van der Waals surface area contributed by atoms with E-state index in [0.717, 1.165) is 5.56 Å². The van der Waals surface area contributed by atoms with Gasteiger partial charge in [-0.05, 0) is 37.1 Å². The third kappa shape index (κ3) is 5.56. The van der Waals surface area contributed by atoms with Crippen molar-refractivity contribution in [2.75, 3.05) is 13.2 Å². The summed E-state index contributed by atoms with van der Waals surface area (Å²) in [5.41, 5.74) is 1.58. The summed E-state index contributed by atoms with van der Waals surface area (Å²) in [7, 11) is 0. The van der Waals surface area contributed by atoms with E-state index in [1.807, 2.05) is 37.3 Å².